The average Bonchev–Trinajstić information content (AvgIpc) is 3.31. The van der Waals surface area contributed by atoms with Crippen molar-refractivity contribution in [3.05, 3.63) is 101 Å². The lowest BCUT2D eigenvalue weighted by molar-refractivity contribution is 0.0526. The molecule has 0 saturated carbocycles. The van der Waals surface area contributed by atoms with Crippen LogP contribution in [0.25, 0.3) is 11.1 Å². The smallest absolute Gasteiger partial charge is 0.407 e. The van der Waals surface area contributed by atoms with Gasteiger partial charge >= 0.3 is 12.1 Å². The van der Waals surface area contributed by atoms with Crippen molar-refractivity contribution < 1.29 is 28.6 Å². The first-order valence-corrected chi connectivity index (χ1v) is 11.3. The van der Waals surface area contributed by atoms with Crippen LogP contribution in [0.1, 0.15) is 40.4 Å². The number of hydrogen-bond acceptors (Lipinski definition) is 7. The number of carbonyl (C=O) groups is 2. The minimum Gasteiger partial charge on any atom is -0.462 e. The predicted molar refractivity (Wildman–Crippen MR) is 129 cm³/mol. The van der Waals surface area contributed by atoms with Crippen LogP contribution in [0.4, 0.5) is 4.79 Å². The summed E-state index contributed by atoms with van der Waals surface area (Å²) in [6, 6.07) is 22.7. The highest BCUT2D eigenvalue weighted by Gasteiger charge is 2.28. The second-order valence-corrected chi connectivity index (χ2v) is 7.90. The summed E-state index contributed by atoms with van der Waals surface area (Å²) in [5.74, 6) is -0.449. The Hall–Kier alpha value is -4.17. The lowest BCUT2D eigenvalue weighted by Gasteiger charge is -2.22. The molecular weight excluding hydrogens is 448 g/mol. The van der Waals surface area contributed by atoms with E-state index >= 15 is 0 Å². The van der Waals surface area contributed by atoms with Crippen LogP contribution in [0.3, 0.4) is 0 Å². The molecule has 35 heavy (non-hydrogen) atoms. The number of amides is 1. The normalized spacial score (nSPS) is 12.6. The molecule has 3 aromatic carbocycles. The monoisotopic (exact) mass is 474 g/mol. The number of ether oxygens (including phenoxy) is 2. The van der Waals surface area contributed by atoms with Gasteiger partial charge in [0.25, 0.3) is 0 Å². The van der Waals surface area contributed by atoms with Crippen molar-refractivity contribution in [2.75, 3.05) is 6.61 Å². The van der Waals surface area contributed by atoms with Crippen molar-refractivity contribution in [1.82, 2.24) is 10.3 Å². The first-order chi connectivity index (χ1) is 17.0. The molecule has 1 aromatic heterocycles. The van der Waals surface area contributed by atoms with Crippen LogP contribution in [0, 0.1) is 0 Å². The van der Waals surface area contributed by atoms with Gasteiger partial charge in [-0.3, -0.25) is 0 Å². The van der Waals surface area contributed by atoms with Crippen LogP contribution >= 0.6 is 0 Å². The number of aliphatic hydroxyl groups excluding tert-OH is 1. The van der Waals surface area contributed by atoms with Crippen molar-refractivity contribution in [1.29, 1.82) is 0 Å². The molecule has 0 bridgehead atoms. The van der Waals surface area contributed by atoms with Crippen molar-refractivity contribution in [3.8, 4) is 0 Å². The minimum atomic E-state index is -1.27. The molecule has 0 radical (unpaired) electrons. The van der Waals surface area contributed by atoms with Gasteiger partial charge in [-0.15, -0.1) is 0 Å². The fraction of sp³-hybridized carbons (Fsp3) is 0.222. The summed E-state index contributed by atoms with van der Waals surface area (Å²) in [6.45, 7) is 2.08. The SMILES string of the molecule is CCOC(=O)c1ccc2oc(C(O)C(Cc3ccccc3)NC(=O)OCc3ccccc3)nc2c1. The molecule has 2 atom stereocenters. The van der Waals surface area contributed by atoms with E-state index in [0.29, 0.717) is 23.1 Å². The Balaban J connectivity index is 1.53. The number of alkyl carbamates (subject to hydrolysis) is 1. The number of rotatable bonds is 9. The summed E-state index contributed by atoms with van der Waals surface area (Å²) in [6.07, 6.45) is -1.62. The highest BCUT2D eigenvalue weighted by Crippen LogP contribution is 2.25. The second kappa shape index (κ2) is 11.3. The van der Waals surface area contributed by atoms with Gasteiger partial charge in [0.05, 0.1) is 18.2 Å². The third-order valence-corrected chi connectivity index (χ3v) is 5.36. The molecule has 180 valence electrons. The molecule has 8 heteroatoms. The number of oxazole rings is 1. The molecule has 1 amide bonds. The molecule has 0 fully saturated rings. The number of nitrogens with zero attached hydrogens (tertiary/aromatic N) is 1. The fourth-order valence-corrected chi connectivity index (χ4v) is 3.61. The number of fused-ring (bicyclic) bond motifs is 1. The summed E-state index contributed by atoms with van der Waals surface area (Å²) in [5.41, 5.74) is 2.88. The predicted octanol–water partition coefficient (Wildman–Crippen LogP) is 4.58. The Morgan fingerprint density at radius 1 is 0.971 bits per heavy atom. The number of carbonyl (C=O) groups excluding carboxylic acids is 2. The van der Waals surface area contributed by atoms with Crippen LogP contribution in [0.5, 0.6) is 0 Å². The van der Waals surface area contributed by atoms with Gasteiger partial charge in [-0.25, -0.2) is 14.6 Å². The van der Waals surface area contributed by atoms with E-state index < -0.39 is 24.2 Å². The van der Waals surface area contributed by atoms with Gasteiger partial charge in [0, 0.05) is 0 Å². The van der Waals surface area contributed by atoms with E-state index in [1.807, 2.05) is 60.7 Å². The van der Waals surface area contributed by atoms with Crippen LogP contribution in [0.2, 0.25) is 0 Å². The Bertz CT molecular complexity index is 1270. The summed E-state index contributed by atoms with van der Waals surface area (Å²) >= 11 is 0. The van der Waals surface area contributed by atoms with Crippen LogP contribution < -0.4 is 5.32 Å². The van der Waals surface area contributed by atoms with Crippen LogP contribution in [0.15, 0.2) is 83.3 Å². The Morgan fingerprint density at radius 3 is 2.34 bits per heavy atom. The molecule has 2 N–H and O–H groups in total. The number of aliphatic hydroxyl groups is 1. The van der Waals surface area contributed by atoms with Gasteiger partial charge < -0.3 is 24.3 Å². The molecule has 0 aliphatic carbocycles. The first-order valence-electron chi connectivity index (χ1n) is 11.3. The molecule has 0 aliphatic heterocycles. The van der Waals surface area contributed by atoms with Crippen molar-refractivity contribution in [3.63, 3.8) is 0 Å². The summed E-state index contributed by atoms with van der Waals surface area (Å²) in [5, 5.41) is 13.9. The molecule has 0 spiro atoms. The van der Waals surface area contributed by atoms with E-state index in [2.05, 4.69) is 10.3 Å². The molecule has 8 nitrogen and oxygen atoms in total. The van der Waals surface area contributed by atoms with E-state index in [-0.39, 0.29) is 19.1 Å². The van der Waals surface area contributed by atoms with Gasteiger partial charge in [-0.2, -0.15) is 0 Å². The summed E-state index contributed by atoms with van der Waals surface area (Å²) in [4.78, 5) is 29.0. The fourth-order valence-electron chi connectivity index (χ4n) is 3.61. The molecule has 2 unspecified atom stereocenters. The highest BCUT2D eigenvalue weighted by molar-refractivity contribution is 5.93. The number of nitrogens with one attached hydrogen (secondary N) is 1. The van der Waals surface area contributed by atoms with Crippen LogP contribution in [-0.4, -0.2) is 34.8 Å². The number of esters is 1. The molecule has 4 aromatic rings. The standard InChI is InChI=1S/C27H26N2O6/c1-2-33-26(31)20-13-14-23-21(16-20)28-25(35-23)24(30)22(15-18-9-5-3-6-10-18)29-27(32)34-17-19-11-7-4-8-12-19/h3-14,16,22,24,30H,2,15,17H2,1H3,(H,29,32). The van der Waals surface area contributed by atoms with E-state index in [1.165, 1.54) is 0 Å². The molecular formula is C27H26N2O6. The zero-order valence-corrected chi connectivity index (χ0v) is 19.2. The maximum absolute atomic E-state index is 12.6. The Kier molecular flexibility index (Phi) is 7.74. The molecule has 0 aliphatic rings. The molecule has 4 rings (SSSR count). The van der Waals surface area contributed by atoms with E-state index in [4.69, 9.17) is 13.9 Å². The lowest BCUT2D eigenvalue weighted by atomic mass is 10.0. The van der Waals surface area contributed by atoms with Crippen LogP contribution in [-0.2, 0) is 22.5 Å². The largest absolute Gasteiger partial charge is 0.462 e. The van der Waals surface area contributed by atoms with Gasteiger partial charge in [-0.1, -0.05) is 60.7 Å². The lowest BCUT2D eigenvalue weighted by Crippen LogP contribution is -2.41. The third kappa shape index (κ3) is 6.24. The van der Waals surface area contributed by atoms with Gasteiger partial charge in [-0.05, 0) is 42.7 Å². The van der Waals surface area contributed by atoms with Gasteiger partial charge in [0.15, 0.2) is 11.7 Å². The Morgan fingerprint density at radius 2 is 1.66 bits per heavy atom. The number of hydrogen-bond donors (Lipinski definition) is 2. The van der Waals surface area contributed by atoms with Gasteiger partial charge in [0.1, 0.15) is 12.1 Å². The van der Waals surface area contributed by atoms with Crippen molar-refractivity contribution in [2.45, 2.75) is 32.1 Å². The number of benzene rings is 3. The maximum Gasteiger partial charge on any atom is 0.407 e. The van der Waals surface area contributed by atoms with E-state index in [9.17, 15) is 14.7 Å². The zero-order chi connectivity index (χ0) is 24.6. The second-order valence-electron chi connectivity index (χ2n) is 7.90. The minimum absolute atomic E-state index is 0.0188. The topological polar surface area (TPSA) is 111 Å². The summed E-state index contributed by atoms with van der Waals surface area (Å²) < 4.78 is 16.1. The van der Waals surface area contributed by atoms with Crippen molar-refractivity contribution in [2.24, 2.45) is 0 Å². The molecule has 1 heterocycles. The van der Waals surface area contributed by atoms with E-state index in [1.54, 1.807) is 25.1 Å². The zero-order valence-electron chi connectivity index (χ0n) is 19.2. The van der Waals surface area contributed by atoms with E-state index in [0.717, 1.165) is 11.1 Å². The van der Waals surface area contributed by atoms with Gasteiger partial charge in [0.2, 0.25) is 5.89 Å². The average molecular weight is 475 g/mol. The van der Waals surface area contributed by atoms with Crippen molar-refractivity contribution >= 4 is 23.2 Å². The Labute approximate surface area is 202 Å². The quantitative estimate of drug-likeness (QED) is 0.342. The first kappa shape index (κ1) is 24.0. The summed E-state index contributed by atoms with van der Waals surface area (Å²) in [7, 11) is 0. The molecule has 0 saturated heterocycles. The highest BCUT2D eigenvalue weighted by atomic mass is 16.5. The maximum atomic E-state index is 12.6. The third-order valence-electron chi connectivity index (χ3n) is 5.36. The number of aromatic nitrogens is 1.